The molecule has 6 nitrogen and oxygen atoms in total. The van der Waals surface area contributed by atoms with Crippen molar-refractivity contribution in [3.05, 3.63) is 11.9 Å². The fourth-order valence-electron chi connectivity index (χ4n) is 0.978. The molecule has 0 saturated carbocycles. The van der Waals surface area contributed by atoms with Crippen LogP contribution in [0, 0.1) is 11.3 Å². The molecule has 0 spiro atoms. The van der Waals surface area contributed by atoms with E-state index in [0.29, 0.717) is 6.42 Å². The Balaban J connectivity index is 2.52. The van der Waals surface area contributed by atoms with E-state index in [0.717, 1.165) is 6.42 Å². The number of nitrogens with zero attached hydrogens (tertiary/aromatic N) is 3. The summed E-state index contributed by atoms with van der Waals surface area (Å²) in [4.78, 5) is 11.4. The third-order valence-corrected chi connectivity index (χ3v) is 1.81. The smallest absolute Gasteiger partial charge is 0.273 e. The average Bonchev–Trinajstić information content (AvgIpc) is 2.69. The Hall–Kier alpha value is -1.90. The molecule has 74 valence electrons. The number of amides is 1. The first kappa shape index (κ1) is 10.2. The van der Waals surface area contributed by atoms with Gasteiger partial charge in [0.05, 0.1) is 18.7 Å². The van der Waals surface area contributed by atoms with E-state index in [1.54, 1.807) is 0 Å². The lowest BCUT2D eigenvalue weighted by Gasteiger charge is -2.11. The summed E-state index contributed by atoms with van der Waals surface area (Å²) in [6.07, 6.45) is 2.37. The lowest BCUT2D eigenvalue weighted by Crippen LogP contribution is -2.34. The van der Waals surface area contributed by atoms with Crippen LogP contribution >= 0.6 is 0 Å². The molecule has 0 aromatic carbocycles. The van der Waals surface area contributed by atoms with Gasteiger partial charge in [0.1, 0.15) is 0 Å². The zero-order chi connectivity index (χ0) is 10.4. The quantitative estimate of drug-likeness (QED) is 0.715. The van der Waals surface area contributed by atoms with E-state index in [2.05, 4.69) is 20.7 Å². The van der Waals surface area contributed by atoms with Crippen molar-refractivity contribution in [2.75, 3.05) is 0 Å². The maximum atomic E-state index is 11.4. The number of hydrogen-bond acceptors (Lipinski definition) is 4. The summed E-state index contributed by atoms with van der Waals surface area (Å²) in [5.41, 5.74) is 0.237. The first-order valence-electron chi connectivity index (χ1n) is 4.31. The second-order valence-corrected chi connectivity index (χ2v) is 2.80. The third kappa shape index (κ3) is 2.55. The highest BCUT2D eigenvalue weighted by Gasteiger charge is 2.13. The number of nitriles is 1. The largest absolute Gasteiger partial charge is 0.347 e. The molecule has 0 fully saturated rings. The predicted molar refractivity (Wildman–Crippen MR) is 48.2 cm³/mol. The molecule has 1 unspecified atom stereocenters. The second kappa shape index (κ2) is 4.97. The van der Waals surface area contributed by atoms with Crippen LogP contribution < -0.4 is 5.32 Å². The third-order valence-electron chi connectivity index (χ3n) is 1.81. The van der Waals surface area contributed by atoms with Gasteiger partial charge >= 0.3 is 0 Å². The minimum atomic E-state index is -0.305. The zero-order valence-electron chi connectivity index (χ0n) is 7.82. The molecule has 1 atom stereocenters. The molecule has 0 aliphatic heterocycles. The summed E-state index contributed by atoms with van der Waals surface area (Å²) in [7, 11) is 0. The fourth-order valence-corrected chi connectivity index (χ4v) is 0.978. The number of carbonyl (C=O) groups excluding carboxylic acids is 1. The molecule has 1 amide bonds. The Labute approximate surface area is 81.3 Å². The van der Waals surface area contributed by atoms with Gasteiger partial charge in [-0.2, -0.15) is 20.7 Å². The van der Waals surface area contributed by atoms with Gasteiger partial charge in [-0.15, -0.1) is 0 Å². The zero-order valence-corrected chi connectivity index (χ0v) is 7.82. The van der Waals surface area contributed by atoms with Gasteiger partial charge in [-0.1, -0.05) is 6.92 Å². The Morgan fingerprint density at radius 1 is 1.86 bits per heavy atom. The van der Waals surface area contributed by atoms with Crippen LogP contribution in [-0.4, -0.2) is 27.4 Å². The van der Waals surface area contributed by atoms with Crippen molar-refractivity contribution in [1.29, 1.82) is 5.26 Å². The van der Waals surface area contributed by atoms with Crippen LogP contribution in [0.1, 0.15) is 30.3 Å². The molecule has 0 aliphatic rings. The van der Waals surface area contributed by atoms with Crippen LogP contribution in [0.4, 0.5) is 0 Å². The lowest BCUT2D eigenvalue weighted by atomic mass is 10.1. The average molecular weight is 193 g/mol. The second-order valence-electron chi connectivity index (χ2n) is 2.80. The van der Waals surface area contributed by atoms with Gasteiger partial charge < -0.3 is 5.32 Å². The van der Waals surface area contributed by atoms with Crippen molar-refractivity contribution >= 4 is 5.91 Å². The van der Waals surface area contributed by atoms with Gasteiger partial charge in [0.15, 0.2) is 5.69 Å². The van der Waals surface area contributed by atoms with Crippen molar-refractivity contribution in [3.8, 4) is 6.07 Å². The predicted octanol–water partition coefficient (Wildman–Crippen LogP) is 0.227. The molecule has 1 aromatic rings. The van der Waals surface area contributed by atoms with Crippen LogP contribution in [-0.2, 0) is 0 Å². The highest BCUT2D eigenvalue weighted by Crippen LogP contribution is 1.98. The summed E-state index contributed by atoms with van der Waals surface area (Å²) in [5.74, 6) is -0.305. The highest BCUT2D eigenvalue weighted by atomic mass is 16.2. The Morgan fingerprint density at radius 2 is 2.64 bits per heavy atom. The van der Waals surface area contributed by atoms with Crippen LogP contribution in [0.2, 0.25) is 0 Å². The van der Waals surface area contributed by atoms with Gasteiger partial charge in [-0.05, 0) is 6.42 Å². The molecule has 0 radical (unpaired) electrons. The van der Waals surface area contributed by atoms with Gasteiger partial charge in [0.2, 0.25) is 0 Å². The first-order valence-corrected chi connectivity index (χ1v) is 4.31. The molecule has 1 aromatic heterocycles. The first-order chi connectivity index (χ1) is 6.77. The minimum Gasteiger partial charge on any atom is -0.347 e. The van der Waals surface area contributed by atoms with E-state index in [1.165, 1.54) is 6.20 Å². The number of aromatic amines is 1. The summed E-state index contributed by atoms with van der Waals surface area (Å²) < 4.78 is 0. The van der Waals surface area contributed by atoms with Gasteiger partial charge in [0.25, 0.3) is 5.91 Å². The molecule has 1 rings (SSSR count). The van der Waals surface area contributed by atoms with Crippen molar-refractivity contribution in [2.45, 2.75) is 25.8 Å². The van der Waals surface area contributed by atoms with Crippen molar-refractivity contribution in [2.24, 2.45) is 0 Å². The van der Waals surface area contributed by atoms with Crippen molar-refractivity contribution < 1.29 is 4.79 Å². The summed E-state index contributed by atoms with van der Waals surface area (Å²) in [5, 5.41) is 20.7. The Kier molecular flexibility index (Phi) is 3.61. The summed E-state index contributed by atoms with van der Waals surface area (Å²) in [6, 6.07) is 1.89. The highest BCUT2D eigenvalue weighted by molar-refractivity contribution is 5.91. The maximum absolute atomic E-state index is 11.4. The van der Waals surface area contributed by atoms with Crippen LogP contribution in [0.3, 0.4) is 0 Å². The number of nitrogens with one attached hydrogen (secondary N) is 2. The molecular weight excluding hydrogens is 182 g/mol. The normalized spacial score (nSPS) is 11.7. The fraction of sp³-hybridized carbons (Fsp3) is 0.500. The van der Waals surface area contributed by atoms with E-state index in [-0.39, 0.29) is 17.6 Å². The van der Waals surface area contributed by atoms with E-state index >= 15 is 0 Å². The molecule has 0 saturated heterocycles. The number of rotatable bonds is 4. The molecule has 0 aliphatic carbocycles. The summed E-state index contributed by atoms with van der Waals surface area (Å²) >= 11 is 0. The Bertz CT molecular complexity index is 326. The van der Waals surface area contributed by atoms with Gasteiger partial charge in [-0.25, -0.2) is 0 Å². The SMILES string of the molecule is CCC(CC#N)NC(=O)c1cn[nH]n1. The maximum Gasteiger partial charge on any atom is 0.273 e. The molecule has 0 bridgehead atoms. The van der Waals surface area contributed by atoms with Crippen LogP contribution in [0.15, 0.2) is 6.20 Å². The molecule has 6 heteroatoms. The minimum absolute atomic E-state index is 0.121. The number of H-pyrrole nitrogens is 1. The molecule has 14 heavy (non-hydrogen) atoms. The van der Waals surface area contributed by atoms with Crippen LogP contribution in [0.25, 0.3) is 0 Å². The topological polar surface area (TPSA) is 94.5 Å². The lowest BCUT2D eigenvalue weighted by molar-refractivity contribution is 0.0931. The van der Waals surface area contributed by atoms with Gasteiger partial charge in [0, 0.05) is 6.04 Å². The molecule has 1 heterocycles. The van der Waals surface area contributed by atoms with Crippen molar-refractivity contribution in [3.63, 3.8) is 0 Å². The number of hydrogen-bond donors (Lipinski definition) is 2. The monoisotopic (exact) mass is 193 g/mol. The van der Waals surface area contributed by atoms with E-state index < -0.39 is 0 Å². The molecular formula is C8H11N5O. The van der Waals surface area contributed by atoms with Gasteiger partial charge in [-0.3, -0.25) is 4.79 Å². The number of carbonyl (C=O) groups is 1. The van der Waals surface area contributed by atoms with Crippen molar-refractivity contribution in [1.82, 2.24) is 20.7 Å². The molecule has 2 N–H and O–H groups in total. The standard InChI is InChI=1S/C8H11N5O/c1-2-6(3-4-9)11-8(14)7-5-10-13-12-7/h5-6H,2-3H2,1H3,(H,11,14)(H,10,12,13). The van der Waals surface area contributed by atoms with E-state index in [4.69, 9.17) is 5.26 Å². The van der Waals surface area contributed by atoms with Crippen LogP contribution in [0.5, 0.6) is 0 Å². The summed E-state index contributed by atoms with van der Waals surface area (Å²) in [6.45, 7) is 1.91. The van der Waals surface area contributed by atoms with E-state index in [9.17, 15) is 4.79 Å². The number of aromatic nitrogens is 3. The van der Waals surface area contributed by atoms with E-state index in [1.807, 2.05) is 13.0 Å². The Morgan fingerprint density at radius 3 is 3.14 bits per heavy atom.